The molecule has 2 aromatic rings. The number of ether oxygens (including phenoxy) is 1. The van der Waals surface area contributed by atoms with Gasteiger partial charge in [-0.2, -0.15) is 0 Å². The predicted octanol–water partition coefficient (Wildman–Crippen LogP) is 1.77. The maximum atomic E-state index is 14.3. The standard InChI is InChI=1S/C21H26FN5O3/c1-15(28)26-8-10-27(11-9-26)19-7-6-18(24-13-19)5-4-17-3-2-16(12-20(17)22)14-30-21(29)25-23/h2-3,6-7,12-13H,4-5,8-11,14,23H2,1H3,(H,25,29). The SMILES string of the molecule is CC(=O)N1CCN(c2ccc(CCc3ccc(COC(=O)NN)cc3F)nc2)CC1. The number of nitrogens with zero attached hydrogens (tertiary/aromatic N) is 3. The highest BCUT2D eigenvalue weighted by Gasteiger charge is 2.18. The second-order valence-electron chi connectivity index (χ2n) is 7.15. The predicted molar refractivity (Wildman–Crippen MR) is 110 cm³/mol. The van der Waals surface area contributed by atoms with Crippen LogP contribution < -0.4 is 16.2 Å². The van der Waals surface area contributed by atoms with E-state index in [1.165, 1.54) is 6.07 Å². The second kappa shape index (κ2) is 10.0. The van der Waals surface area contributed by atoms with E-state index in [1.807, 2.05) is 28.7 Å². The number of pyridine rings is 1. The quantitative estimate of drug-likeness (QED) is 0.424. The van der Waals surface area contributed by atoms with Gasteiger partial charge in [-0.25, -0.2) is 15.0 Å². The zero-order valence-electron chi connectivity index (χ0n) is 16.9. The minimum atomic E-state index is -0.769. The lowest BCUT2D eigenvalue weighted by molar-refractivity contribution is -0.129. The van der Waals surface area contributed by atoms with Crippen LogP contribution in [0.25, 0.3) is 0 Å². The maximum absolute atomic E-state index is 14.3. The Balaban J connectivity index is 1.51. The van der Waals surface area contributed by atoms with E-state index in [0.29, 0.717) is 37.1 Å². The van der Waals surface area contributed by atoms with E-state index >= 15 is 0 Å². The average molecular weight is 415 g/mol. The van der Waals surface area contributed by atoms with Gasteiger partial charge in [0, 0.05) is 38.8 Å². The van der Waals surface area contributed by atoms with E-state index in [1.54, 1.807) is 19.1 Å². The number of hydrogen-bond acceptors (Lipinski definition) is 6. The third kappa shape index (κ3) is 5.66. The summed E-state index contributed by atoms with van der Waals surface area (Å²) in [6, 6.07) is 8.75. The van der Waals surface area contributed by atoms with E-state index in [-0.39, 0.29) is 18.3 Å². The van der Waals surface area contributed by atoms with Crippen molar-refractivity contribution < 1.29 is 18.7 Å². The molecule has 1 fully saturated rings. The number of anilines is 1. The zero-order chi connectivity index (χ0) is 21.5. The summed E-state index contributed by atoms with van der Waals surface area (Å²) < 4.78 is 19.1. The van der Waals surface area contributed by atoms with Gasteiger partial charge in [-0.3, -0.25) is 15.2 Å². The summed E-state index contributed by atoms with van der Waals surface area (Å²) in [5.74, 6) is 4.70. The number of hydrazine groups is 1. The van der Waals surface area contributed by atoms with Crippen molar-refractivity contribution in [3.63, 3.8) is 0 Å². The highest BCUT2D eigenvalue weighted by Crippen LogP contribution is 2.18. The molecule has 0 unspecified atom stereocenters. The van der Waals surface area contributed by atoms with Crippen LogP contribution in [0, 0.1) is 5.82 Å². The Morgan fingerprint density at radius 2 is 1.93 bits per heavy atom. The molecule has 0 spiro atoms. The van der Waals surface area contributed by atoms with Crippen LogP contribution in [0.5, 0.6) is 0 Å². The smallest absolute Gasteiger partial charge is 0.421 e. The minimum absolute atomic E-state index is 0.0517. The molecule has 3 rings (SSSR count). The fourth-order valence-corrected chi connectivity index (χ4v) is 3.37. The average Bonchev–Trinajstić information content (AvgIpc) is 2.77. The third-order valence-electron chi connectivity index (χ3n) is 5.16. The molecule has 0 saturated carbocycles. The van der Waals surface area contributed by atoms with Gasteiger partial charge in [0.1, 0.15) is 12.4 Å². The van der Waals surface area contributed by atoms with Crippen molar-refractivity contribution in [1.29, 1.82) is 0 Å². The highest BCUT2D eigenvalue weighted by atomic mass is 19.1. The van der Waals surface area contributed by atoms with E-state index in [9.17, 15) is 14.0 Å². The molecular weight excluding hydrogens is 389 g/mol. The van der Waals surface area contributed by atoms with Gasteiger partial charge in [-0.05, 0) is 42.2 Å². The van der Waals surface area contributed by atoms with Crippen molar-refractivity contribution in [3.8, 4) is 0 Å². The number of carbonyl (C=O) groups excluding carboxylic acids is 2. The number of aromatic nitrogens is 1. The number of aryl methyl sites for hydroxylation is 2. The summed E-state index contributed by atoms with van der Waals surface area (Å²) in [5.41, 5.74) is 4.88. The van der Waals surface area contributed by atoms with Gasteiger partial charge in [-0.15, -0.1) is 0 Å². The van der Waals surface area contributed by atoms with Gasteiger partial charge in [-0.1, -0.05) is 12.1 Å². The second-order valence-corrected chi connectivity index (χ2v) is 7.15. The van der Waals surface area contributed by atoms with Crippen molar-refractivity contribution in [1.82, 2.24) is 15.3 Å². The number of hydrogen-bond donors (Lipinski definition) is 2. The van der Waals surface area contributed by atoms with Crippen LogP contribution in [-0.2, 0) is 29.0 Å². The normalized spacial score (nSPS) is 13.8. The number of halogens is 1. The number of amides is 2. The Hall–Kier alpha value is -3.20. The Bertz CT molecular complexity index is 883. The lowest BCUT2D eigenvalue weighted by atomic mass is 10.0. The minimum Gasteiger partial charge on any atom is -0.444 e. The van der Waals surface area contributed by atoms with Gasteiger partial charge in [0.15, 0.2) is 0 Å². The van der Waals surface area contributed by atoms with Gasteiger partial charge in [0.2, 0.25) is 5.91 Å². The molecule has 1 aromatic carbocycles. The molecule has 2 heterocycles. The molecule has 1 aromatic heterocycles. The molecule has 1 aliphatic heterocycles. The fraction of sp³-hybridized carbons (Fsp3) is 0.381. The first-order chi connectivity index (χ1) is 14.5. The summed E-state index contributed by atoms with van der Waals surface area (Å²) in [6.07, 6.45) is 2.19. The van der Waals surface area contributed by atoms with Crippen LogP contribution in [0.2, 0.25) is 0 Å². The van der Waals surface area contributed by atoms with Crippen LogP contribution in [-0.4, -0.2) is 48.1 Å². The first kappa shape index (κ1) is 21.5. The van der Waals surface area contributed by atoms with Crippen LogP contribution in [0.4, 0.5) is 14.9 Å². The molecule has 0 aliphatic carbocycles. The molecule has 9 heteroatoms. The summed E-state index contributed by atoms with van der Waals surface area (Å²) in [7, 11) is 0. The first-order valence-electron chi connectivity index (χ1n) is 9.82. The van der Waals surface area contributed by atoms with Crippen LogP contribution in [0.1, 0.15) is 23.7 Å². The molecule has 0 bridgehead atoms. The van der Waals surface area contributed by atoms with Gasteiger partial charge < -0.3 is 14.5 Å². The zero-order valence-corrected chi connectivity index (χ0v) is 16.9. The lowest BCUT2D eigenvalue weighted by Crippen LogP contribution is -2.48. The van der Waals surface area contributed by atoms with Crippen LogP contribution >= 0.6 is 0 Å². The number of carbonyl (C=O) groups is 2. The topological polar surface area (TPSA) is 101 Å². The Morgan fingerprint density at radius 3 is 2.53 bits per heavy atom. The lowest BCUT2D eigenvalue weighted by Gasteiger charge is -2.35. The van der Waals surface area contributed by atoms with E-state index in [0.717, 1.165) is 24.5 Å². The van der Waals surface area contributed by atoms with Crippen molar-refractivity contribution in [2.45, 2.75) is 26.4 Å². The molecule has 0 atom stereocenters. The first-order valence-corrected chi connectivity index (χ1v) is 9.82. The fourth-order valence-electron chi connectivity index (χ4n) is 3.37. The summed E-state index contributed by atoms with van der Waals surface area (Å²) in [6.45, 7) is 4.55. The summed E-state index contributed by atoms with van der Waals surface area (Å²) >= 11 is 0. The molecule has 30 heavy (non-hydrogen) atoms. The molecule has 8 nitrogen and oxygen atoms in total. The Morgan fingerprint density at radius 1 is 1.17 bits per heavy atom. The third-order valence-corrected chi connectivity index (χ3v) is 5.16. The van der Waals surface area contributed by atoms with Crippen LogP contribution in [0.15, 0.2) is 36.5 Å². The molecule has 160 valence electrons. The van der Waals surface area contributed by atoms with Crippen molar-refractivity contribution >= 4 is 17.7 Å². The number of benzene rings is 1. The monoisotopic (exact) mass is 415 g/mol. The van der Waals surface area contributed by atoms with E-state index < -0.39 is 6.09 Å². The Kier molecular flexibility index (Phi) is 7.18. The molecule has 3 N–H and O–H groups in total. The van der Waals surface area contributed by atoms with Crippen molar-refractivity contribution in [3.05, 3.63) is 59.2 Å². The van der Waals surface area contributed by atoms with E-state index in [2.05, 4.69) is 9.88 Å². The highest BCUT2D eigenvalue weighted by molar-refractivity contribution is 5.73. The number of nitrogens with two attached hydrogens (primary N) is 1. The molecule has 1 aliphatic rings. The largest absolute Gasteiger partial charge is 0.444 e. The summed E-state index contributed by atoms with van der Waals surface area (Å²) in [4.78, 5) is 31.0. The van der Waals surface area contributed by atoms with Gasteiger partial charge in [0.05, 0.1) is 11.9 Å². The molecule has 1 saturated heterocycles. The number of piperazine rings is 1. The number of nitrogens with one attached hydrogen (secondary N) is 1. The van der Waals surface area contributed by atoms with Crippen molar-refractivity contribution in [2.75, 3.05) is 31.1 Å². The van der Waals surface area contributed by atoms with Crippen LogP contribution in [0.3, 0.4) is 0 Å². The maximum Gasteiger partial charge on any atom is 0.421 e. The van der Waals surface area contributed by atoms with E-state index in [4.69, 9.17) is 10.6 Å². The van der Waals surface area contributed by atoms with Gasteiger partial charge >= 0.3 is 6.09 Å². The summed E-state index contributed by atoms with van der Waals surface area (Å²) in [5, 5.41) is 0. The molecule has 0 radical (unpaired) electrons. The van der Waals surface area contributed by atoms with Gasteiger partial charge in [0.25, 0.3) is 0 Å². The van der Waals surface area contributed by atoms with Crippen molar-refractivity contribution in [2.24, 2.45) is 5.84 Å². The number of rotatable bonds is 6. The molecular formula is C21H26FN5O3. The Labute approximate surface area is 174 Å². The molecule has 2 amide bonds.